The van der Waals surface area contributed by atoms with Gasteiger partial charge in [0.1, 0.15) is 10.8 Å². The first kappa shape index (κ1) is 24.4. The van der Waals surface area contributed by atoms with Gasteiger partial charge in [0, 0.05) is 18.0 Å². The number of carbonyl (C=O) groups excluding carboxylic acids is 1. The van der Waals surface area contributed by atoms with Gasteiger partial charge in [0.2, 0.25) is 10.0 Å². The van der Waals surface area contributed by atoms with Crippen LogP contribution in [0.1, 0.15) is 19.8 Å². The Morgan fingerprint density at radius 2 is 2.03 bits per heavy atom. The molecule has 10 nitrogen and oxygen atoms in total. The van der Waals surface area contributed by atoms with E-state index in [2.05, 4.69) is 27.1 Å². The third-order valence-corrected chi connectivity index (χ3v) is 7.38. The first-order valence-corrected chi connectivity index (χ1v) is 12.9. The maximum atomic E-state index is 11.8. The molecule has 1 aromatic carbocycles. The molecule has 2 amide bonds. The van der Waals surface area contributed by atoms with Crippen molar-refractivity contribution in [1.29, 1.82) is 0 Å². The second-order valence-electron chi connectivity index (χ2n) is 7.97. The maximum absolute atomic E-state index is 11.8. The Kier molecular flexibility index (Phi) is 7.38. The van der Waals surface area contributed by atoms with E-state index in [-0.39, 0.29) is 21.9 Å². The van der Waals surface area contributed by atoms with Crippen LogP contribution in [0.2, 0.25) is 5.02 Å². The summed E-state index contributed by atoms with van der Waals surface area (Å²) >= 11 is 7.60. The number of rotatable bonds is 6. The summed E-state index contributed by atoms with van der Waals surface area (Å²) in [5.74, 6) is 0.980. The summed E-state index contributed by atoms with van der Waals surface area (Å²) < 4.78 is 24.2. The molecule has 0 unspecified atom stereocenters. The minimum atomic E-state index is -3.70. The molecule has 1 fully saturated rings. The molecule has 1 aromatic heterocycles. The SMILES string of the molecule is CC1(CN)CCN(c2cnc(Sc3cccc(NC(=O)NS(C)(=O)=O)c3Cl)c(N)n2)CC1. The molecule has 0 aliphatic carbocycles. The third kappa shape index (κ3) is 6.15. The maximum Gasteiger partial charge on any atom is 0.332 e. The van der Waals surface area contributed by atoms with Crippen LogP contribution in [-0.4, -0.2) is 50.3 Å². The number of hydrogen-bond acceptors (Lipinski definition) is 9. The first-order valence-electron chi connectivity index (χ1n) is 9.82. The van der Waals surface area contributed by atoms with Gasteiger partial charge in [0.05, 0.1) is 23.2 Å². The van der Waals surface area contributed by atoms with Crippen LogP contribution < -0.4 is 26.4 Å². The van der Waals surface area contributed by atoms with E-state index in [4.69, 9.17) is 23.1 Å². The average molecular weight is 500 g/mol. The summed E-state index contributed by atoms with van der Waals surface area (Å²) in [7, 11) is -3.70. The Balaban J connectivity index is 1.72. The normalized spacial score (nSPS) is 15.9. The number of piperidine rings is 1. The Bertz CT molecular complexity index is 1110. The van der Waals surface area contributed by atoms with E-state index in [0.29, 0.717) is 22.3 Å². The number of amides is 2. The largest absolute Gasteiger partial charge is 0.381 e. The number of carbonyl (C=O) groups is 1. The minimum absolute atomic E-state index is 0.152. The summed E-state index contributed by atoms with van der Waals surface area (Å²) in [6.45, 7) is 4.53. The van der Waals surface area contributed by atoms with Gasteiger partial charge < -0.3 is 21.7 Å². The van der Waals surface area contributed by atoms with Crippen molar-refractivity contribution in [2.75, 3.05) is 41.8 Å². The number of nitrogens with zero attached hydrogens (tertiary/aromatic N) is 3. The molecule has 0 saturated carbocycles. The van der Waals surface area contributed by atoms with Crippen molar-refractivity contribution in [1.82, 2.24) is 14.7 Å². The van der Waals surface area contributed by atoms with Gasteiger partial charge in [-0.05, 0) is 36.9 Å². The van der Waals surface area contributed by atoms with Crippen LogP contribution >= 0.6 is 23.4 Å². The number of nitrogens with one attached hydrogen (secondary N) is 2. The second kappa shape index (κ2) is 9.69. The van der Waals surface area contributed by atoms with Gasteiger partial charge in [-0.1, -0.05) is 36.4 Å². The highest BCUT2D eigenvalue weighted by Gasteiger charge is 2.29. The molecule has 13 heteroatoms. The second-order valence-corrected chi connectivity index (χ2v) is 11.1. The number of halogens is 1. The first-order chi connectivity index (χ1) is 15.0. The predicted octanol–water partition coefficient (Wildman–Crippen LogP) is 2.51. The zero-order chi connectivity index (χ0) is 23.5. The lowest BCUT2D eigenvalue weighted by Gasteiger charge is -2.39. The van der Waals surface area contributed by atoms with Crippen molar-refractivity contribution in [3.8, 4) is 0 Å². The molecule has 0 radical (unpaired) electrons. The van der Waals surface area contributed by atoms with Crippen molar-refractivity contribution < 1.29 is 13.2 Å². The molecule has 1 aliphatic rings. The van der Waals surface area contributed by atoms with E-state index in [0.717, 1.165) is 32.2 Å². The van der Waals surface area contributed by atoms with Crippen molar-refractivity contribution >= 4 is 56.7 Å². The fourth-order valence-electron chi connectivity index (χ4n) is 3.20. The minimum Gasteiger partial charge on any atom is -0.381 e. The van der Waals surface area contributed by atoms with E-state index < -0.39 is 16.1 Å². The zero-order valence-electron chi connectivity index (χ0n) is 17.8. The van der Waals surface area contributed by atoms with Gasteiger partial charge in [-0.2, -0.15) is 0 Å². The van der Waals surface area contributed by atoms with Crippen LogP contribution in [0.15, 0.2) is 34.3 Å². The molecule has 1 aliphatic heterocycles. The molecular formula is C19H26ClN7O3S2. The van der Waals surface area contributed by atoms with Crippen LogP contribution in [0, 0.1) is 5.41 Å². The topological polar surface area (TPSA) is 156 Å². The Morgan fingerprint density at radius 3 is 2.62 bits per heavy atom. The molecule has 2 aromatic rings. The van der Waals surface area contributed by atoms with Gasteiger partial charge in [-0.25, -0.2) is 27.9 Å². The standard InChI is InChI=1S/C19H26ClN7O3S2/c1-19(11-21)6-8-27(9-7-19)14-10-23-17(16(22)25-14)31-13-5-3-4-12(15(13)20)24-18(28)26-32(2,29)30/h3-5,10H,6-9,11,21H2,1-2H3,(H2,22,25)(H2,24,26,28). The van der Waals surface area contributed by atoms with E-state index >= 15 is 0 Å². The molecule has 2 heterocycles. The van der Waals surface area contributed by atoms with E-state index in [1.165, 1.54) is 11.8 Å². The van der Waals surface area contributed by atoms with Crippen molar-refractivity contribution in [2.45, 2.75) is 29.7 Å². The number of aromatic nitrogens is 2. The number of anilines is 3. The molecular weight excluding hydrogens is 474 g/mol. The van der Waals surface area contributed by atoms with Crippen LogP contribution in [0.25, 0.3) is 0 Å². The van der Waals surface area contributed by atoms with Gasteiger partial charge in [-0.15, -0.1) is 0 Å². The van der Waals surface area contributed by atoms with Crippen molar-refractivity contribution in [2.24, 2.45) is 11.1 Å². The number of nitrogens with two attached hydrogens (primary N) is 2. The highest BCUT2D eigenvalue weighted by molar-refractivity contribution is 7.99. The van der Waals surface area contributed by atoms with Crippen molar-refractivity contribution in [3.63, 3.8) is 0 Å². The monoisotopic (exact) mass is 499 g/mol. The van der Waals surface area contributed by atoms with Gasteiger partial charge >= 0.3 is 6.03 Å². The Labute approximate surface area is 196 Å². The molecule has 0 spiro atoms. The fraction of sp³-hybridized carbons (Fsp3) is 0.421. The number of urea groups is 1. The Hall–Kier alpha value is -2.28. The lowest BCUT2D eigenvalue weighted by atomic mass is 9.80. The van der Waals surface area contributed by atoms with Crippen molar-refractivity contribution in [3.05, 3.63) is 29.4 Å². The van der Waals surface area contributed by atoms with Crippen LogP contribution in [-0.2, 0) is 10.0 Å². The van der Waals surface area contributed by atoms with Gasteiger partial charge in [0.25, 0.3) is 0 Å². The quantitative estimate of drug-likeness (QED) is 0.468. The molecule has 0 atom stereocenters. The van der Waals surface area contributed by atoms with Crippen LogP contribution in [0.5, 0.6) is 0 Å². The molecule has 32 heavy (non-hydrogen) atoms. The van der Waals surface area contributed by atoms with Crippen LogP contribution in [0.3, 0.4) is 0 Å². The molecule has 3 rings (SSSR count). The molecule has 1 saturated heterocycles. The number of nitrogen functional groups attached to an aromatic ring is 1. The lowest BCUT2D eigenvalue weighted by molar-refractivity contribution is 0.256. The Morgan fingerprint density at radius 1 is 1.34 bits per heavy atom. The lowest BCUT2D eigenvalue weighted by Crippen LogP contribution is -2.42. The predicted molar refractivity (Wildman–Crippen MR) is 128 cm³/mol. The summed E-state index contributed by atoms with van der Waals surface area (Å²) in [6, 6.07) is 4.05. The van der Waals surface area contributed by atoms with Gasteiger partial charge in [-0.3, -0.25) is 0 Å². The molecule has 174 valence electrons. The third-order valence-electron chi connectivity index (χ3n) is 5.23. The van der Waals surface area contributed by atoms with E-state index in [9.17, 15) is 13.2 Å². The number of sulfonamides is 1. The highest BCUT2D eigenvalue weighted by atomic mass is 35.5. The average Bonchev–Trinajstić information content (AvgIpc) is 2.71. The molecule has 6 N–H and O–H groups in total. The smallest absolute Gasteiger partial charge is 0.332 e. The van der Waals surface area contributed by atoms with Crippen LogP contribution in [0.4, 0.5) is 22.1 Å². The van der Waals surface area contributed by atoms with Gasteiger partial charge in [0.15, 0.2) is 5.82 Å². The summed E-state index contributed by atoms with van der Waals surface area (Å²) in [5, 5.41) is 3.11. The number of benzene rings is 1. The summed E-state index contributed by atoms with van der Waals surface area (Å²) in [4.78, 5) is 23.5. The number of hydrogen-bond donors (Lipinski definition) is 4. The van der Waals surface area contributed by atoms with E-state index in [1.54, 1.807) is 24.4 Å². The van der Waals surface area contributed by atoms with E-state index in [1.807, 2.05) is 4.72 Å². The summed E-state index contributed by atoms with van der Waals surface area (Å²) in [6.07, 6.45) is 4.51. The fourth-order valence-corrected chi connectivity index (χ4v) is 4.69. The highest BCUT2D eigenvalue weighted by Crippen LogP contribution is 2.39. The molecule has 0 bridgehead atoms. The zero-order valence-corrected chi connectivity index (χ0v) is 20.1. The summed E-state index contributed by atoms with van der Waals surface area (Å²) in [5.41, 5.74) is 12.4.